The van der Waals surface area contributed by atoms with E-state index in [1.165, 1.54) is 0 Å². The van der Waals surface area contributed by atoms with Crippen molar-refractivity contribution in [1.29, 1.82) is 5.26 Å². The number of halogens is 1. The predicted molar refractivity (Wildman–Crippen MR) is 86.5 cm³/mol. The average Bonchev–Trinajstić information content (AvgIpc) is 2.53. The number of hydrogen-bond donors (Lipinski definition) is 0. The summed E-state index contributed by atoms with van der Waals surface area (Å²) in [4.78, 5) is 11.5. The third-order valence-corrected chi connectivity index (χ3v) is 3.54. The fourth-order valence-electron chi connectivity index (χ4n) is 2.20. The zero-order chi connectivity index (χ0) is 15.9. The zero-order valence-electron chi connectivity index (χ0n) is 12.3. The first-order chi connectivity index (χ1) is 10.6. The number of carbonyl (C=O) groups is 1. The topological polar surface area (TPSA) is 50.1 Å². The summed E-state index contributed by atoms with van der Waals surface area (Å²) in [5.74, 6) is -0.847. The summed E-state index contributed by atoms with van der Waals surface area (Å²) >= 11 is 5.99. The van der Waals surface area contributed by atoms with Gasteiger partial charge in [0.15, 0.2) is 0 Å². The Bertz CT molecular complexity index is 689. The highest BCUT2D eigenvalue weighted by molar-refractivity contribution is 6.30. The summed E-state index contributed by atoms with van der Waals surface area (Å²) in [6, 6.07) is 17.3. The lowest BCUT2D eigenvalue weighted by molar-refractivity contribution is -0.143. The molecule has 0 N–H and O–H groups in total. The van der Waals surface area contributed by atoms with Gasteiger partial charge < -0.3 is 4.74 Å². The Labute approximate surface area is 135 Å². The van der Waals surface area contributed by atoms with Gasteiger partial charge in [0.25, 0.3) is 0 Å². The van der Waals surface area contributed by atoms with Gasteiger partial charge in [-0.3, -0.25) is 4.79 Å². The highest BCUT2D eigenvalue weighted by Crippen LogP contribution is 2.26. The smallest absolute Gasteiger partial charge is 0.307 e. The number of hydrogen-bond acceptors (Lipinski definition) is 3. The molecule has 0 aliphatic heterocycles. The first-order valence-corrected chi connectivity index (χ1v) is 7.43. The van der Waals surface area contributed by atoms with Gasteiger partial charge in [-0.2, -0.15) is 5.26 Å². The zero-order valence-corrected chi connectivity index (χ0v) is 13.0. The number of nitriles is 1. The van der Waals surface area contributed by atoms with Crippen LogP contribution in [0.25, 0.3) is 11.1 Å². The number of carbonyl (C=O) groups excluding carboxylic acids is 1. The Balaban J connectivity index is 2.17. The van der Waals surface area contributed by atoms with Crippen LogP contribution in [-0.2, 0) is 9.53 Å². The van der Waals surface area contributed by atoms with Gasteiger partial charge in [-0.15, -0.1) is 0 Å². The van der Waals surface area contributed by atoms with Crippen molar-refractivity contribution in [1.82, 2.24) is 0 Å². The van der Waals surface area contributed by atoms with Crippen LogP contribution >= 0.6 is 11.6 Å². The second-order valence-electron chi connectivity index (χ2n) is 4.82. The van der Waals surface area contributed by atoms with Crippen LogP contribution in [0.4, 0.5) is 0 Å². The second-order valence-corrected chi connectivity index (χ2v) is 5.26. The summed E-state index contributed by atoms with van der Waals surface area (Å²) < 4.78 is 4.90. The maximum atomic E-state index is 11.5. The number of rotatable bonds is 5. The molecule has 2 aromatic rings. The van der Waals surface area contributed by atoms with Crippen molar-refractivity contribution in [3.63, 3.8) is 0 Å². The Morgan fingerprint density at radius 2 is 1.95 bits per heavy atom. The van der Waals surface area contributed by atoms with Gasteiger partial charge in [0.1, 0.15) is 0 Å². The number of esters is 1. The van der Waals surface area contributed by atoms with Crippen molar-refractivity contribution < 1.29 is 9.53 Å². The largest absolute Gasteiger partial charge is 0.466 e. The van der Waals surface area contributed by atoms with Crippen molar-refractivity contribution in [3.8, 4) is 17.2 Å². The van der Waals surface area contributed by atoms with Gasteiger partial charge in [-0.1, -0.05) is 48.0 Å². The fraction of sp³-hybridized carbons (Fsp3) is 0.222. The number of benzene rings is 2. The molecule has 0 aliphatic rings. The highest BCUT2D eigenvalue weighted by Gasteiger charge is 2.16. The summed E-state index contributed by atoms with van der Waals surface area (Å²) in [6.07, 6.45) is 0.0703. The fourth-order valence-corrected chi connectivity index (χ4v) is 2.39. The number of nitrogens with zero attached hydrogens (tertiary/aromatic N) is 1. The lowest BCUT2D eigenvalue weighted by Gasteiger charge is -2.10. The number of ether oxygens (including phenoxy) is 1. The van der Waals surface area contributed by atoms with E-state index in [1.54, 1.807) is 6.92 Å². The molecule has 0 amide bonds. The van der Waals surface area contributed by atoms with Crippen molar-refractivity contribution in [2.24, 2.45) is 0 Å². The van der Waals surface area contributed by atoms with Gasteiger partial charge >= 0.3 is 5.97 Å². The van der Waals surface area contributed by atoms with E-state index in [-0.39, 0.29) is 12.4 Å². The molecule has 1 atom stereocenters. The van der Waals surface area contributed by atoms with Crippen LogP contribution in [0.1, 0.15) is 24.8 Å². The molecule has 0 aliphatic carbocycles. The molecule has 2 aromatic carbocycles. The van der Waals surface area contributed by atoms with Crippen molar-refractivity contribution in [3.05, 3.63) is 59.1 Å². The molecule has 0 saturated carbocycles. The first-order valence-electron chi connectivity index (χ1n) is 7.05. The van der Waals surface area contributed by atoms with E-state index in [9.17, 15) is 10.1 Å². The summed E-state index contributed by atoms with van der Waals surface area (Å²) in [5.41, 5.74) is 2.83. The maximum absolute atomic E-state index is 11.5. The summed E-state index contributed by atoms with van der Waals surface area (Å²) in [7, 11) is 0. The van der Waals surface area contributed by atoms with E-state index in [1.807, 2.05) is 48.5 Å². The molecular weight excluding hydrogens is 298 g/mol. The van der Waals surface area contributed by atoms with E-state index in [0.717, 1.165) is 16.7 Å². The van der Waals surface area contributed by atoms with Gasteiger partial charge in [-0.25, -0.2) is 0 Å². The van der Waals surface area contributed by atoms with Crippen molar-refractivity contribution in [2.75, 3.05) is 6.61 Å². The molecule has 0 saturated heterocycles. The third kappa shape index (κ3) is 4.09. The van der Waals surface area contributed by atoms with Crippen LogP contribution in [0, 0.1) is 11.3 Å². The summed E-state index contributed by atoms with van der Waals surface area (Å²) in [5, 5.41) is 9.92. The summed E-state index contributed by atoms with van der Waals surface area (Å²) in [6.45, 7) is 2.07. The minimum absolute atomic E-state index is 0.0703. The molecule has 1 unspecified atom stereocenters. The molecule has 0 spiro atoms. The second kappa shape index (κ2) is 7.63. The molecule has 0 fully saturated rings. The van der Waals surface area contributed by atoms with Gasteiger partial charge in [0.2, 0.25) is 0 Å². The highest BCUT2D eigenvalue weighted by atomic mass is 35.5. The van der Waals surface area contributed by atoms with Crippen LogP contribution in [0.5, 0.6) is 0 Å². The molecule has 0 heterocycles. The molecule has 2 rings (SSSR count). The Morgan fingerprint density at radius 3 is 2.55 bits per heavy atom. The molecule has 112 valence electrons. The Hall–Kier alpha value is -2.31. The van der Waals surface area contributed by atoms with E-state index in [0.29, 0.717) is 11.6 Å². The van der Waals surface area contributed by atoms with E-state index >= 15 is 0 Å². The van der Waals surface area contributed by atoms with Crippen LogP contribution in [-0.4, -0.2) is 12.6 Å². The van der Waals surface area contributed by atoms with Gasteiger partial charge in [0.05, 0.1) is 25.0 Å². The van der Waals surface area contributed by atoms with Crippen LogP contribution in [0.15, 0.2) is 48.5 Å². The minimum atomic E-state index is -0.493. The monoisotopic (exact) mass is 313 g/mol. The average molecular weight is 314 g/mol. The normalized spacial score (nSPS) is 11.5. The van der Waals surface area contributed by atoms with Crippen LogP contribution < -0.4 is 0 Å². The van der Waals surface area contributed by atoms with Crippen LogP contribution in [0.3, 0.4) is 0 Å². The van der Waals surface area contributed by atoms with E-state index in [4.69, 9.17) is 16.3 Å². The molecule has 0 aromatic heterocycles. The van der Waals surface area contributed by atoms with E-state index < -0.39 is 5.92 Å². The lowest BCUT2D eigenvalue weighted by atomic mass is 9.95. The standard InChI is InChI=1S/C18H16ClNO2/c1-2-22-18(21)11-16(12-20)14-8-6-13(7-9-14)15-4-3-5-17(19)10-15/h3-10,16H,2,11H2,1H3. The van der Waals surface area contributed by atoms with Gasteiger partial charge in [0, 0.05) is 5.02 Å². The van der Waals surface area contributed by atoms with Crippen molar-refractivity contribution >= 4 is 17.6 Å². The Morgan fingerprint density at radius 1 is 1.23 bits per heavy atom. The third-order valence-electron chi connectivity index (χ3n) is 3.30. The molecule has 0 radical (unpaired) electrons. The molecule has 0 bridgehead atoms. The van der Waals surface area contributed by atoms with Crippen molar-refractivity contribution in [2.45, 2.75) is 19.3 Å². The predicted octanol–water partition coefficient (Wildman–Crippen LogP) is 4.57. The quantitative estimate of drug-likeness (QED) is 0.760. The maximum Gasteiger partial charge on any atom is 0.307 e. The van der Waals surface area contributed by atoms with Gasteiger partial charge in [-0.05, 0) is 35.7 Å². The van der Waals surface area contributed by atoms with E-state index in [2.05, 4.69) is 6.07 Å². The minimum Gasteiger partial charge on any atom is -0.466 e. The lowest BCUT2D eigenvalue weighted by Crippen LogP contribution is -2.09. The molecular formula is C18H16ClNO2. The first kappa shape index (κ1) is 16.1. The molecule has 22 heavy (non-hydrogen) atoms. The Kier molecular flexibility index (Phi) is 5.57. The molecule has 4 heteroatoms. The SMILES string of the molecule is CCOC(=O)CC(C#N)c1ccc(-c2cccc(Cl)c2)cc1. The molecule has 3 nitrogen and oxygen atoms in total. The van der Waals surface area contributed by atoms with Crippen LogP contribution in [0.2, 0.25) is 5.02 Å².